The largest absolute Gasteiger partial charge is 0.493 e. The summed E-state index contributed by atoms with van der Waals surface area (Å²) in [5, 5.41) is 3.03. The van der Waals surface area contributed by atoms with Crippen molar-refractivity contribution in [1.82, 2.24) is 9.62 Å². The molecule has 0 aromatic heterocycles. The Hall–Kier alpha value is -1.11. The second kappa shape index (κ2) is 7.61. The molecule has 0 unspecified atom stereocenters. The number of hydrogen-bond donors (Lipinski definition) is 1. The lowest BCUT2D eigenvalue weighted by atomic mass is 10.2. The Morgan fingerprint density at radius 3 is 2.55 bits per heavy atom. The van der Waals surface area contributed by atoms with Crippen molar-refractivity contribution in [3.63, 3.8) is 0 Å². The summed E-state index contributed by atoms with van der Waals surface area (Å²) in [4.78, 5) is 0.302. The van der Waals surface area contributed by atoms with Crippen LogP contribution >= 0.6 is 0 Å². The number of benzene rings is 1. The maximum Gasteiger partial charge on any atom is 0.242 e. The van der Waals surface area contributed by atoms with E-state index in [4.69, 9.17) is 4.74 Å². The first-order valence-electron chi connectivity index (χ1n) is 6.84. The molecule has 0 saturated carbocycles. The first-order valence-corrected chi connectivity index (χ1v) is 8.28. The molecule has 0 fully saturated rings. The molecule has 0 aliphatic rings. The van der Waals surface area contributed by atoms with Gasteiger partial charge in [0.2, 0.25) is 10.0 Å². The Bertz CT molecular complexity index is 529. The van der Waals surface area contributed by atoms with Crippen molar-refractivity contribution in [1.29, 1.82) is 0 Å². The fourth-order valence-electron chi connectivity index (χ4n) is 1.75. The monoisotopic (exact) mass is 300 g/mol. The van der Waals surface area contributed by atoms with Gasteiger partial charge in [-0.25, -0.2) is 12.7 Å². The van der Waals surface area contributed by atoms with Crippen LogP contribution in [-0.4, -0.2) is 40.0 Å². The topological polar surface area (TPSA) is 58.6 Å². The second-order valence-electron chi connectivity index (χ2n) is 4.57. The van der Waals surface area contributed by atoms with Crippen LogP contribution in [-0.2, 0) is 16.6 Å². The van der Waals surface area contributed by atoms with Gasteiger partial charge in [0.05, 0.1) is 11.5 Å². The molecule has 1 rings (SSSR count). The van der Waals surface area contributed by atoms with E-state index >= 15 is 0 Å². The summed E-state index contributed by atoms with van der Waals surface area (Å²) in [6, 6.07) is 5.02. The lowest BCUT2D eigenvalue weighted by molar-refractivity contribution is 0.313. The van der Waals surface area contributed by atoms with E-state index in [1.165, 1.54) is 4.31 Å². The van der Waals surface area contributed by atoms with Crippen molar-refractivity contribution in [2.75, 3.05) is 27.2 Å². The zero-order valence-electron chi connectivity index (χ0n) is 12.6. The molecule has 0 radical (unpaired) electrons. The highest BCUT2D eigenvalue weighted by Crippen LogP contribution is 2.24. The molecule has 0 heterocycles. The van der Waals surface area contributed by atoms with E-state index in [-0.39, 0.29) is 0 Å². The van der Waals surface area contributed by atoms with Gasteiger partial charge in [0.15, 0.2) is 0 Å². The van der Waals surface area contributed by atoms with E-state index in [0.29, 0.717) is 24.6 Å². The van der Waals surface area contributed by atoms with Crippen LogP contribution in [0.15, 0.2) is 23.1 Å². The Morgan fingerprint density at radius 1 is 1.30 bits per heavy atom. The Labute approximate surface area is 122 Å². The zero-order valence-corrected chi connectivity index (χ0v) is 13.5. The van der Waals surface area contributed by atoms with E-state index in [1.54, 1.807) is 25.2 Å². The summed E-state index contributed by atoms with van der Waals surface area (Å²) in [6.07, 6.45) is 0.914. The predicted molar refractivity (Wildman–Crippen MR) is 80.5 cm³/mol. The van der Waals surface area contributed by atoms with Gasteiger partial charge in [-0.3, -0.25) is 0 Å². The molecule has 114 valence electrons. The predicted octanol–water partition coefficient (Wildman–Crippen LogP) is 1.84. The number of rotatable bonds is 8. The van der Waals surface area contributed by atoms with Crippen LogP contribution in [0.1, 0.15) is 25.8 Å². The van der Waals surface area contributed by atoms with Crippen molar-refractivity contribution in [3.8, 4) is 5.75 Å². The molecule has 6 heteroatoms. The third-order valence-electron chi connectivity index (χ3n) is 3.01. The molecule has 0 aliphatic carbocycles. The molecule has 1 aromatic carbocycles. The van der Waals surface area contributed by atoms with E-state index in [0.717, 1.165) is 17.7 Å². The fourth-order valence-corrected chi connectivity index (χ4v) is 2.98. The Morgan fingerprint density at radius 2 is 2.00 bits per heavy atom. The van der Waals surface area contributed by atoms with Crippen LogP contribution < -0.4 is 10.1 Å². The van der Waals surface area contributed by atoms with Gasteiger partial charge in [0, 0.05) is 25.7 Å². The number of nitrogens with zero attached hydrogens (tertiary/aromatic N) is 1. The molecule has 20 heavy (non-hydrogen) atoms. The lowest BCUT2D eigenvalue weighted by Gasteiger charge is -2.17. The molecular weight excluding hydrogens is 276 g/mol. The van der Waals surface area contributed by atoms with Gasteiger partial charge in [0.1, 0.15) is 5.75 Å². The molecule has 0 spiro atoms. The molecule has 1 N–H and O–H groups in total. The van der Waals surface area contributed by atoms with Crippen LogP contribution in [0, 0.1) is 0 Å². The summed E-state index contributed by atoms with van der Waals surface area (Å²) in [5.74, 6) is 0.735. The fraction of sp³-hybridized carbons (Fsp3) is 0.571. The molecule has 0 atom stereocenters. The third-order valence-corrected chi connectivity index (χ3v) is 4.94. The summed E-state index contributed by atoms with van der Waals surface area (Å²) in [6.45, 7) is 5.48. The zero-order chi connectivity index (χ0) is 15.2. The van der Waals surface area contributed by atoms with Crippen LogP contribution in [0.2, 0.25) is 0 Å². The first-order chi connectivity index (χ1) is 9.47. The van der Waals surface area contributed by atoms with Crippen molar-refractivity contribution in [2.45, 2.75) is 31.7 Å². The van der Waals surface area contributed by atoms with Gasteiger partial charge in [-0.1, -0.05) is 13.8 Å². The highest BCUT2D eigenvalue weighted by molar-refractivity contribution is 7.89. The van der Waals surface area contributed by atoms with E-state index in [9.17, 15) is 8.42 Å². The molecule has 0 amide bonds. The van der Waals surface area contributed by atoms with Gasteiger partial charge >= 0.3 is 0 Å². The van der Waals surface area contributed by atoms with Crippen LogP contribution in [0.4, 0.5) is 0 Å². The van der Waals surface area contributed by atoms with Crippen LogP contribution in [0.3, 0.4) is 0 Å². The van der Waals surface area contributed by atoms with E-state index in [2.05, 4.69) is 5.32 Å². The minimum Gasteiger partial charge on any atom is -0.493 e. The van der Waals surface area contributed by atoms with Crippen molar-refractivity contribution < 1.29 is 13.2 Å². The van der Waals surface area contributed by atoms with Crippen LogP contribution in [0.5, 0.6) is 5.75 Å². The summed E-state index contributed by atoms with van der Waals surface area (Å²) >= 11 is 0. The molecule has 5 nitrogen and oxygen atoms in total. The summed E-state index contributed by atoms with van der Waals surface area (Å²) < 4.78 is 31.6. The number of nitrogens with one attached hydrogen (secondary N) is 1. The molecule has 0 bridgehead atoms. The molecule has 1 aromatic rings. The lowest BCUT2D eigenvalue weighted by Crippen LogP contribution is -2.26. The molecular formula is C14H24N2O3S. The van der Waals surface area contributed by atoms with Gasteiger partial charge in [0.25, 0.3) is 0 Å². The average molecular weight is 300 g/mol. The quantitative estimate of drug-likeness (QED) is 0.796. The highest BCUT2D eigenvalue weighted by atomic mass is 32.2. The van der Waals surface area contributed by atoms with Gasteiger partial charge in [-0.15, -0.1) is 0 Å². The number of hydrogen-bond acceptors (Lipinski definition) is 4. The maximum absolute atomic E-state index is 12.3. The third kappa shape index (κ3) is 3.94. The SMILES string of the molecule is CCCOc1ccc(S(=O)(=O)N(C)CC)cc1CNC. The summed E-state index contributed by atoms with van der Waals surface area (Å²) in [5.41, 5.74) is 0.853. The van der Waals surface area contributed by atoms with Crippen molar-refractivity contribution >= 4 is 10.0 Å². The standard InChI is InChI=1S/C14H24N2O3S/c1-5-9-19-14-8-7-13(10-12(14)11-15-3)20(17,18)16(4)6-2/h7-8,10,15H,5-6,9,11H2,1-4H3. The van der Waals surface area contributed by atoms with Gasteiger partial charge in [-0.05, 0) is 31.7 Å². The van der Waals surface area contributed by atoms with E-state index < -0.39 is 10.0 Å². The minimum absolute atomic E-state index is 0.302. The second-order valence-corrected chi connectivity index (χ2v) is 6.61. The van der Waals surface area contributed by atoms with Crippen molar-refractivity contribution in [3.05, 3.63) is 23.8 Å². The van der Waals surface area contributed by atoms with Crippen molar-refractivity contribution in [2.24, 2.45) is 0 Å². The van der Waals surface area contributed by atoms with Gasteiger partial charge in [-0.2, -0.15) is 0 Å². The molecule has 0 saturated heterocycles. The maximum atomic E-state index is 12.3. The Kier molecular flexibility index (Phi) is 6.45. The Balaban J connectivity index is 3.15. The van der Waals surface area contributed by atoms with Crippen LogP contribution in [0.25, 0.3) is 0 Å². The first kappa shape index (κ1) is 16.9. The van der Waals surface area contributed by atoms with E-state index in [1.807, 2.05) is 20.9 Å². The smallest absolute Gasteiger partial charge is 0.242 e. The minimum atomic E-state index is -3.42. The summed E-state index contributed by atoms with van der Waals surface area (Å²) in [7, 11) is -0.0168. The average Bonchev–Trinajstić information content (AvgIpc) is 2.45. The van der Waals surface area contributed by atoms with Gasteiger partial charge < -0.3 is 10.1 Å². The number of sulfonamides is 1. The molecule has 0 aliphatic heterocycles. The normalized spacial score (nSPS) is 11.8. The highest BCUT2D eigenvalue weighted by Gasteiger charge is 2.20. The number of ether oxygens (including phenoxy) is 1.